The molecule has 328 valence electrons. The van der Waals surface area contributed by atoms with Crippen LogP contribution in [0.15, 0.2) is 48.8 Å². The van der Waals surface area contributed by atoms with Gasteiger partial charge in [-0.2, -0.15) is 5.10 Å². The molecule has 0 bridgehead atoms. The van der Waals surface area contributed by atoms with Gasteiger partial charge in [-0.15, -0.1) is 0 Å². The van der Waals surface area contributed by atoms with E-state index in [1.54, 1.807) is 24.5 Å². The van der Waals surface area contributed by atoms with Gasteiger partial charge in [0.05, 0.1) is 81.6 Å². The topological polar surface area (TPSA) is 220 Å². The van der Waals surface area contributed by atoms with E-state index in [4.69, 9.17) is 23.7 Å². The first-order valence-corrected chi connectivity index (χ1v) is 21.1. The molecule has 0 spiro atoms. The number of hydrogen-bond acceptors (Lipinski definition) is 15. The maximum atomic E-state index is 13.2. The molecule has 3 N–H and O–H groups in total. The summed E-state index contributed by atoms with van der Waals surface area (Å²) in [6.07, 6.45) is 4.12. The number of amides is 5. The summed E-state index contributed by atoms with van der Waals surface area (Å²) < 4.78 is 28.6. The lowest BCUT2D eigenvalue weighted by atomic mass is 10.0. The van der Waals surface area contributed by atoms with Gasteiger partial charge in [0.15, 0.2) is 0 Å². The zero-order valence-electron chi connectivity index (χ0n) is 34.7. The van der Waals surface area contributed by atoms with Crippen LogP contribution < -0.4 is 20.3 Å². The molecule has 2 aromatic heterocycles. The number of rotatable bonds is 21. The lowest BCUT2D eigenvalue weighted by Gasteiger charge is -2.35. The Bertz CT molecular complexity index is 2290. The van der Waals surface area contributed by atoms with Gasteiger partial charge in [0.1, 0.15) is 35.2 Å². The number of nitrogens with one attached hydrogen (secondary N) is 3. The quantitative estimate of drug-likeness (QED) is 0.0811. The van der Waals surface area contributed by atoms with E-state index in [1.807, 2.05) is 29.2 Å². The largest absolute Gasteiger partial charge is 0.488 e. The van der Waals surface area contributed by atoms with Crippen LogP contribution in [0.2, 0.25) is 0 Å². The van der Waals surface area contributed by atoms with E-state index in [0.717, 1.165) is 51.6 Å². The fourth-order valence-electron chi connectivity index (χ4n) is 7.65. The highest BCUT2D eigenvalue weighted by Crippen LogP contribution is 2.41. The fourth-order valence-corrected chi connectivity index (χ4v) is 7.65. The van der Waals surface area contributed by atoms with Crippen LogP contribution in [-0.4, -0.2) is 157 Å². The number of nitrogens with zero attached hydrogens (tertiary/aromatic N) is 6. The first-order chi connectivity index (χ1) is 30.2. The number of aromatic nitrogens is 4. The van der Waals surface area contributed by atoms with Crippen LogP contribution in [0.5, 0.6) is 5.75 Å². The number of H-pyrrole nitrogens is 1. The van der Waals surface area contributed by atoms with Crippen molar-refractivity contribution in [2.75, 3.05) is 95.8 Å². The van der Waals surface area contributed by atoms with Crippen molar-refractivity contribution in [3.63, 3.8) is 0 Å². The number of aromatic amines is 1. The van der Waals surface area contributed by atoms with Gasteiger partial charge < -0.3 is 38.8 Å². The second-order valence-corrected chi connectivity index (χ2v) is 15.8. The summed E-state index contributed by atoms with van der Waals surface area (Å²) in [7, 11) is 0. The summed E-state index contributed by atoms with van der Waals surface area (Å²) in [6, 6.07) is 11.8. The Morgan fingerprint density at radius 2 is 1.58 bits per heavy atom. The minimum Gasteiger partial charge on any atom is -0.488 e. The Kier molecular flexibility index (Phi) is 13.3. The SMILES string of the molecule is CC1(Oc2ccc3[nH]nc(-c4cc(N5CCN(C(=O)CCOCCOCCOCCOCCNc6cccc7c6C(=O)N(C6CCC(=O)NC6=O)C7=O)CC5)ncn4)c3c2)CC1. The number of ether oxygens (including phenoxy) is 5. The molecule has 2 aromatic carbocycles. The summed E-state index contributed by atoms with van der Waals surface area (Å²) in [5, 5.41) is 13.9. The maximum Gasteiger partial charge on any atom is 0.264 e. The third kappa shape index (κ3) is 10.0. The number of piperazine rings is 1. The maximum absolute atomic E-state index is 13.2. The number of carbonyl (C=O) groups excluding carboxylic acids is 5. The highest BCUT2D eigenvalue weighted by atomic mass is 16.6. The normalized spacial score (nSPS) is 18.3. The van der Waals surface area contributed by atoms with Gasteiger partial charge in [-0.3, -0.25) is 39.3 Å². The van der Waals surface area contributed by atoms with Crippen molar-refractivity contribution in [3.05, 3.63) is 59.9 Å². The highest BCUT2D eigenvalue weighted by Gasteiger charge is 2.45. The number of anilines is 2. The molecule has 0 radical (unpaired) electrons. The van der Waals surface area contributed by atoms with Crippen LogP contribution in [0, 0.1) is 0 Å². The predicted octanol–water partition coefficient (Wildman–Crippen LogP) is 2.57. The molecule has 1 atom stereocenters. The van der Waals surface area contributed by atoms with Gasteiger partial charge in [0, 0.05) is 56.3 Å². The minimum absolute atomic E-state index is 0.0509. The predicted molar refractivity (Wildman–Crippen MR) is 224 cm³/mol. The third-order valence-electron chi connectivity index (χ3n) is 11.3. The molecule has 3 aliphatic heterocycles. The first kappa shape index (κ1) is 42.7. The van der Waals surface area contributed by atoms with E-state index < -0.39 is 29.7 Å². The van der Waals surface area contributed by atoms with Crippen LogP contribution in [0.4, 0.5) is 11.5 Å². The van der Waals surface area contributed by atoms with Crippen LogP contribution >= 0.6 is 0 Å². The van der Waals surface area contributed by atoms with E-state index in [1.165, 1.54) is 0 Å². The summed E-state index contributed by atoms with van der Waals surface area (Å²) in [4.78, 5) is 77.0. The van der Waals surface area contributed by atoms with Crippen molar-refractivity contribution in [1.29, 1.82) is 0 Å². The van der Waals surface area contributed by atoms with Crippen molar-refractivity contribution in [1.82, 2.24) is 35.3 Å². The Balaban J connectivity index is 0.645. The number of benzene rings is 2. The average molecular weight is 854 g/mol. The molecule has 62 heavy (non-hydrogen) atoms. The second-order valence-electron chi connectivity index (χ2n) is 15.8. The van der Waals surface area contributed by atoms with E-state index >= 15 is 0 Å². The van der Waals surface area contributed by atoms with Crippen LogP contribution in [0.25, 0.3) is 22.3 Å². The molecular formula is C43H51N9O10. The van der Waals surface area contributed by atoms with Gasteiger partial charge in [-0.25, -0.2) is 9.97 Å². The van der Waals surface area contributed by atoms with Crippen LogP contribution in [-0.2, 0) is 33.3 Å². The Hall–Kier alpha value is -6.02. The molecule has 19 heteroatoms. The van der Waals surface area contributed by atoms with Gasteiger partial charge >= 0.3 is 0 Å². The number of piperidine rings is 1. The van der Waals surface area contributed by atoms with Crippen molar-refractivity contribution in [3.8, 4) is 17.1 Å². The molecule has 1 aliphatic carbocycles. The molecule has 1 saturated carbocycles. The number of hydrogen-bond donors (Lipinski definition) is 3. The molecule has 4 aliphatic rings. The van der Waals surface area contributed by atoms with E-state index in [0.29, 0.717) is 97.7 Å². The number of imide groups is 2. The first-order valence-electron chi connectivity index (χ1n) is 21.1. The van der Waals surface area contributed by atoms with Crippen molar-refractivity contribution in [2.45, 2.75) is 50.7 Å². The lowest BCUT2D eigenvalue weighted by Crippen LogP contribution is -2.54. The summed E-state index contributed by atoms with van der Waals surface area (Å²) in [6.45, 7) is 7.84. The summed E-state index contributed by atoms with van der Waals surface area (Å²) in [5.41, 5.74) is 3.17. The van der Waals surface area contributed by atoms with Crippen molar-refractivity contribution >= 4 is 51.9 Å². The Morgan fingerprint density at radius 1 is 0.855 bits per heavy atom. The third-order valence-corrected chi connectivity index (χ3v) is 11.3. The fraction of sp³-hybridized carbons (Fsp3) is 0.488. The lowest BCUT2D eigenvalue weighted by molar-refractivity contribution is -0.136. The molecule has 3 fully saturated rings. The van der Waals surface area contributed by atoms with Gasteiger partial charge in [0.25, 0.3) is 11.8 Å². The Morgan fingerprint density at radius 3 is 2.31 bits per heavy atom. The Labute approximate surface area is 357 Å². The number of fused-ring (bicyclic) bond motifs is 2. The molecule has 4 aromatic rings. The standard InChI is InChI=1S/C43H51N9O10/c1-43(10-11-43)62-28-5-6-31-30(25-28)39(49-48-31)33-26-35(46-27-45-33)50-13-15-51(16-14-50)37(54)9-17-58-19-21-60-23-24-61-22-20-59-18-12-44-32-4-2-3-29-38(32)42(57)52(41(29)56)34-7-8-36(53)47-40(34)55/h2-6,25-27,34,44H,7-24H2,1H3,(H,48,49)(H,47,53,55). The molecule has 19 nitrogen and oxygen atoms in total. The van der Waals surface area contributed by atoms with Gasteiger partial charge in [0.2, 0.25) is 17.7 Å². The monoisotopic (exact) mass is 853 g/mol. The summed E-state index contributed by atoms with van der Waals surface area (Å²) >= 11 is 0. The zero-order chi connectivity index (χ0) is 43.1. The zero-order valence-corrected chi connectivity index (χ0v) is 34.7. The number of carbonyl (C=O) groups is 5. The highest BCUT2D eigenvalue weighted by molar-refractivity contribution is 6.25. The minimum atomic E-state index is -1.02. The van der Waals surface area contributed by atoms with Gasteiger partial charge in [-0.1, -0.05) is 6.07 Å². The molecule has 5 amide bonds. The van der Waals surface area contributed by atoms with E-state index in [-0.39, 0.29) is 35.5 Å². The second kappa shape index (κ2) is 19.4. The van der Waals surface area contributed by atoms with Gasteiger partial charge in [-0.05, 0) is 56.5 Å². The average Bonchev–Trinajstić information content (AvgIpc) is 3.75. The molecular weight excluding hydrogens is 803 g/mol. The van der Waals surface area contributed by atoms with Crippen molar-refractivity contribution < 1.29 is 47.7 Å². The van der Waals surface area contributed by atoms with Crippen LogP contribution in [0.1, 0.15) is 59.7 Å². The smallest absolute Gasteiger partial charge is 0.264 e. The van der Waals surface area contributed by atoms with Crippen LogP contribution in [0.3, 0.4) is 0 Å². The summed E-state index contributed by atoms with van der Waals surface area (Å²) in [5.74, 6) is -0.530. The van der Waals surface area contributed by atoms with E-state index in [9.17, 15) is 24.0 Å². The van der Waals surface area contributed by atoms with E-state index in [2.05, 4.69) is 42.6 Å². The van der Waals surface area contributed by atoms with Crippen molar-refractivity contribution in [2.24, 2.45) is 0 Å². The molecule has 2 saturated heterocycles. The molecule has 1 unspecified atom stereocenters. The molecule has 5 heterocycles. The molecule has 8 rings (SSSR count).